The Bertz CT molecular complexity index is 1220. The number of benzene rings is 2. The molecule has 34 heavy (non-hydrogen) atoms. The lowest BCUT2D eigenvalue weighted by molar-refractivity contribution is 0.0528. The Hall–Kier alpha value is -3.46. The van der Waals surface area contributed by atoms with E-state index in [0.29, 0.717) is 23.9 Å². The van der Waals surface area contributed by atoms with Crippen LogP contribution in [0.15, 0.2) is 42.5 Å². The molecule has 6 heteroatoms. The molecule has 1 unspecified atom stereocenters. The molecule has 1 aliphatic rings. The third-order valence-corrected chi connectivity index (χ3v) is 6.75. The molecule has 0 spiro atoms. The van der Waals surface area contributed by atoms with E-state index in [2.05, 4.69) is 16.0 Å². The molecule has 6 nitrogen and oxygen atoms in total. The first-order chi connectivity index (χ1) is 16.2. The van der Waals surface area contributed by atoms with E-state index in [1.54, 1.807) is 0 Å². The van der Waals surface area contributed by atoms with Gasteiger partial charge in [0.15, 0.2) is 0 Å². The van der Waals surface area contributed by atoms with Gasteiger partial charge in [-0.3, -0.25) is 5.32 Å². The number of carbonyl (C=O) groups excluding carboxylic acids is 1. The van der Waals surface area contributed by atoms with Gasteiger partial charge in [0, 0.05) is 23.2 Å². The average Bonchev–Trinajstić information content (AvgIpc) is 3.06. The smallest absolute Gasteiger partial charge is 0.411 e. The summed E-state index contributed by atoms with van der Waals surface area (Å²) in [5, 5.41) is 13.8. The van der Waals surface area contributed by atoms with Gasteiger partial charge < -0.3 is 14.0 Å². The average molecular weight is 460 g/mol. The van der Waals surface area contributed by atoms with Gasteiger partial charge in [-0.15, -0.1) is 0 Å². The van der Waals surface area contributed by atoms with E-state index >= 15 is 0 Å². The van der Waals surface area contributed by atoms with E-state index in [0.717, 1.165) is 40.8 Å². The summed E-state index contributed by atoms with van der Waals surface area (Å²) >= 11 is 0. The van der Waals surface area contributed by atoms with Crippen LogP contribution < -0.4 is 10.1 Å². The van der Waals surface area contributed by atoms with Crippen molar-refractivity contribution in [2.75, 3.05) is 11.9 Å². The third kappa shape index (κ3) is 4.61. The van der Waals surface area contributed by atoms with Crippen molar-refractivity contribution in [2.45, 2.75) is 66.0 Å². The second-order valence-electron chi connectivity index (χ2n) is 10.0. The number of amides is 1. The van der Waals surface area contributed by atoms with Crippen LogP contribution in [0.2, 0.25) is 0 Å². The number of hydrogen-bond donors (Lipinski definition) is 1. The number of nitriles is 1. The lowest BCUT2D eigenvalue weighted by atomic mass is 9.90. The van der Waals surface area contributed by atoms with Crippen molar-refractivity contribution in [3.8, 4) is 23.1 Å². The van der Waals surface area contributed by atoms with Crippen LogP contribution in [-0.4, -0.2) is 23.4 Å². The van der Waals surface area contributed by atoms with Crippen molar-refractivity contribution < 1.29 is 14.3 Å². The van der Waals surface area contributed by atoms with Crippen LogP contribution in [0.4, 0.5) is 10.5 Å². The number of rotatable bonds is 6. The topological polar surface area (TPSA) is 76.3 Å². The Morgan fingerprint density at radius 2 is 1.91 bits per heavy atom. The standard InChI is InChI=1S/C28H33N3O3/c1-6-33-22-14-15-23-24(17-29)26(31(25(23)16-22)21-8-7-9-21)19-10-12-20(13-11-19)30-27(32)34-18(2)28(3,4)5/h10-16,18,21H,6-9H2,1-5H3,(H,30,32). The van der Waals surface area contributed by atoms with E-state index in [1.807, 2.05) is 77.1 Å². The summed E-state index contributed by atoms with van der Waals surface area (Å²) in [6.07, 6.45) is 2.69. The maximum Gasteiger partial charge on any atom is 0.411 e. The first kappa shape index (κ1) is 23.7. The van der Waals surface area contributed by atoms with Gasteiger partial charge in [0.2, 0.25) is 0 Å². The molecule has 0 bridgehead atoms. The quantitative estimate of drug-likeness (QED) is 0.420. The molecule has 0 saturated heterocycles. The maximum atomic E-state index is 12.3. The molecule has 1 fully saturated rings. The normalized spacial score (nSPS) is 14.8. The zero-order valence-electron chi connectivity index (χ0n) is 20.6. The Kier molecular flexibility index (Phi) is 6.56. The lowest BCUT2D eigenvalue weighted by Crippen LogP contribution is -2.30. The van der Waals surface area contributed by atoms with Gasteiger partial charge in [0.1, 0.15) is 17.9 Å². The predicted octanol–water partition coefficient (Wildman–Crippen LogP) is 7.29. The second kappa shape index (κ2) is 9.42. The highest BCUT2D eigenvalue weighted by Crippen LogP contribution is 2.43. The number of nitrogens with one attached hydrogen (secondary N) is 1. The van der Waals surface area contributed by atoms with Crippen molar-refractivity contribution in [3.63, 3.8) is 0 Å². The molecule has 1 N–H and O–H groups in total. The van der Waals surface area contributed by atoms with Crippen molar-refractivity contribution in [2.24, 2.45) is 5.41 Å². The Morgan fingerprint density at radius 3 is 2.47 bits per heavy atom. The third-order valence-electron chi connectivity index (χ3n) is 6.75. The Balaban J connectivity index is 1.68. The SMILES string of the molecule is CCOc1ccc2c(C#N)c(-c3ccc(NC(=O)OC(C)C(C)(C)C)cc3)n(C3CCC3)c2c1. The summed E-state index contributed by atoms with van der Waals surface area (Å²) in [5.74, 6) is 0.812. The van der Waals surface area contributed by atoms with Gasteiger partial charge in [-0.1, -0.05) is 32.9 Å². The number of aromatic nitrogens is 1. The van der Waals surface area contributed by atoms with Crippen LogP contribution in [0.5, 0.6) is 5.75 Å². The fourth-order valence-corrected chi connectivity index (χ4v) is 4.16. The van der Waals surface area contributed by atoms with E-state index in [9.17, 15) is 10.1 Å². The molecular weight excluding hydrogens is 426 g/mol. The second-order valence-corrected chi connectivity index (χ2v) is 10.0. The van der Waals surface area contributed by atoms with Gasteiger partial charge >= 0.3 is 6.09 Å². The molecule has 0 aliphatic heterocycles. The molecule has 1 amide bonds. The minimum Gasteiger partial charge on any atom is -0.494 e. The summed E-state index contributed by atoms with van der Waals surface area (Å²) in [7, 11) is 0. The molecule has 178 valence electrons. The van der Waals surface area contributed by atoms with Crippen LogP contribution in [0.1, 0.15) is 65.5 Å². The van der Waals surface area contributed by atoms with Gasteiger partial charge in [0.25, 0.3) is 0 Å². The first-order valence-electron chi connectivity index (χ1n) is 12.0. The van der Waals surface area contributed by atoms with Crippen LogP contribution in [0.3, 0.4) is 0 Å². The number of fused-ring (bicyclic) bond motifs is 1. The van der Waals surface area contributed by atoms with Crippen LogP contribution in [-0.2, 0) is 4.74 Å². The van der Waals surface area contributed by atoms with Crippen molar-refractivity contribution in [1.29, 1.82) is 5.26 Å². The summed E-state index contributed by atoms with van der Waals surface area (Å²) in [6.45, 7) is 10.6. The van der Waals surface area contributed by atoms with Crippen LogP contribution in [0, 0.1) is 16.7 Å². The molecule has 1 aliphatic carbocycles. The van der Waals surface area contributed by atoms with E-state index < -0.39 is 6.09 Å². The number of anilines is 1. The molecule has 3 aromatic rings. The Labute approximate surface area is 201 Å². The number of carbonyl (C=O) groups is 1. The van der Waals surface area contributed by atoms with Gasteiger partial charge in [-0.05, 0) is 68.4 Å². The number of hydrogen-bond acceptors (Lipinski definition) is 4. The number of ether oxygens (including phenoxy) is 2. The van der Waals surface area contributed by atoms with Crippen molar-refractivity contribution >= 4 is 22.7 Å². The molecule has 1 atom stereocenters. The highest BCUT2D eigenvalue weighted by atomic mass is 16.6. The summed E-state index contributed by atoms with van der Waals surface area (Å²) in [4.78, 5) is 12.3. The zero-order valence-corrected chi connectivity index (χ0v) is 20.6. The van der Waals surface area contributed by atoms with Gasteiger partial charge in [-0.2, -0.15) is 5.26 Å². The summed E-state index contributed by atoms with van der Waals surface area (Å²) in [5.41, 5.74) is 4.09. The van der Waals surface area contributed by atoms with E-state index in [1.165, 1.54) is 6.42 Å². The monoisotopic (exact) mass is 459 g/mol. The van der Waals surface area contributed by atoms with Gasteiger partial charge in [-0.25, -0.2) is 4.79 Å². The van der Waals surface area contributed by atoms with Crippen molar-refractivity contribution in [1.82, 2.24) is 4.57 Å². The van der Waals surface area contributed by atoms with Crippen LogP contribution >= 0.6 is 0 Å². The van der Waals surface area contributed by atoms with Crippen molar-refractivity contribution in [3.05, 3.63) is 48.0 Å². The maximum absolute atomic E-state index is 12.3. The lowest BCUT2D eigenvalue weighted by Gasteiger charge is -2.30. The summed E-state index contributed by atoms with van der Waals surface area (Å²) in [6, 6.07) is 16.4. The highest BCUT2D eigenvalue weighted by Gasteiger charge is 2.28. The largest absolute Gasteiger partial charge is 0.494 e. The van der Waals surface area contributed by atoms with Gasteiger partial charge in [0.05, 0.1) is 23.4 Å². The molecule has 1 saturated carbocycles. The minimum atomic E-state index is -0.472. The Morgan fingerprint density at radius 1 is 1.21 bits per heavy atom. The molecule has 1 aromatic heterocycles. The molecule has 2 aromatic carbocycles. The van der Waals surface area contributed by atoms with E-state index in [-0.39, 0.29) is 11.5 Å². The zero-order chi connectivity index (χ0) is 24.5. The fraction of sp³-hybridized carbons (Fsp3) is 0.429. The van der Waals surface area contributed by atoms with Crippen LogP contribution in [0.25, 0.3) is 22.2 Å². The molecular formula is C28H33N3O3. The van der Waals surface area contributed by atoms with E-state index in [4.69, 9.17) is 9.47 Å². The molecule has 1 heterocycles. The number of nitrogens with zero attached hydrogens (tertiary/aromatic N) is 2. The molecule has 4 rings (SSSR count). The fourth-order valence-electron chi connectivity index (χ4n) is 4.16. The minimum absolute atomic E-state index is 0.133. The first-order valence-corrected chi connectivity index (χ1v) is 12.0. The highest BCUT2D eigenvalue weighted by molar-refractivity contribution is 5.96. The summed E-state index contributed by atoms with van der Waals surface area (Å²) < 4.78 is 13.6. The molecule has 0 radical (unpaired) electrons. The predicted molar refractivity (Wildman–Crippen MR) is 135 cm³/mol.